The second kappa shape index (κ2) is 10.9. The summed E-state index contributed by atoms with van der Waals surface area (Å²) in [5.74, 6) is 0.647. The van der Waals surface area contributed by atoms with E-state index < -0.39 is 25.1 Å². The molecule has 0 radical (unpaired) electrons. The lowest BCUT2D eigenvalue weighted by Crippen LogP contribution is -2.38. The van der Waals surface area contributed by atoms with Crippen molar-refractivity contribution in [3.05, 3.63) is 53.1 Å². The number of hydrogen-bond acceptors (Lipinski definition) is 7. The van der Waals surface area contributed by atoms with E-state index in [2.05, 4.69) is 10.1 Å². The van der Waals surface area contributed by atoms with E-state index in [1.54, 1.807) is 11.0 Å². The van der Waals surface area contributed by atoms with Crippen LogP contribution in [0.2, 0.25) is 0 Å². The number of halogens is 2. The van der Waals surface area contributed by atoms with Gasteiger partial charge in [-0.05, 0) is 69.0 Å². The third-order valence-electron chi connectivity index (χ3n) is 5.83. The molecule has 1 amide bonds. The van der Waals surface area contributed by atoms with E-state index >= 15 is 0 Å². The predicted octanol–water partition coefficient (Wildman–Crippen LogP) is 5.30. The third kappa shape index (κ3) is 6.23. The van der Waals surface area contributed by atoms with Crippen molar-refractivity contribution >= 4 is 6.09 Å². The van der Waals surface area contributed by atoms with Gasteiger partial charge in [-0.25, -0.2) is 13.6 Å². The van der Waals surface area contributed by atoms with Gasteiger partial charge in [0.05, 0.1) is 5.56 Å². The van der Waals surface area contributed by atoms with Gasteiger partial charge in [0.2, 0.25) is 5.82 Å². The number of carbonyl (C=O) groups excluding carboxylic acids is 1. The first kappa shape index (κ1) is 26.1. The largest absolute Gasteiger partial charge is 0.484 e. The topological polar surface area (TPSA) is 101 Å². The molecule has 4 rings (SSSR count). The monoisotopic (exact) mass is 510 g/mol. The van der Waals surface area contributed by atoms with Crippen LogP contribution in [0.5, 0.6) is 5.75 Å². The lowest BCUT2D eigenvalue weighted by Gasteiger charge is -2.26. The summed E-state index contributed by atoms with van der Waals surface area (Å²) in [6.45, 7) is 4.65. The van der Waals surface area contributed by atoms with Crippen LogP contribution >= 0.6 is 0 Å². The molecule has 1 aromatic heterocycles. The first-order valence-corrected chi connectivity index (χ1v) is 12.0. The van der Waals surface area contributed by atoms with Crippen LogP contribution < -0.4 is 4.74 Å². The van der Waals surface area contributed by atoms with Crippen LogP contribution in [0.15, 0.2) is 40.9 Å². The summed E-state index contributed by atoms with van der Waals surface area (Å²) in [7, 11) is 0. The number of alkyl halides is 2. The highest BCUT2D eigenvalue weighted by Gasteiger charge is 2.25. The molecule has 0 saturated heterocycles. The molecule has 10 heteroatoms. The summed E-state index contributed by atoms with van der Waals surface area (Å²) in [6, 6.07) is 12.4. The Morgan fingerprint density at radius 2 is 1.81 bits per heavy atom. The molecule has 194 valence electrons. The Hall–Kier alpha value is -4.00. The van der Waals surface area contributed by atoms with Crippen molar-refractivity contribution in [2.75, 3.05) is 26.4 Å². The van der Waals surface area contributed by atoms with Crippen molar-refractivity contribution in [2.45, 2.75) is 45.3 Å². The Bertz CT molecular complexity index is 1310. The van der Waals surface area contributed by atoms with E-state index in [4.69, 9.17) is 14.0 Å². The molecular weight excluding hydrogens is 482 g/mol. The average molecular weight is 511 g/mol. The number of nitriles is 1. The highest BCUT2D eigenvalue weighted by Crippen LogP contribution is 2.29. The van der Waals surface area contributed by atoms with Gasteiger partial charge in [0.15, 0.2) is 6.10 Å². The Morgan fingerprint density at radius 3 is 2.49 bits per heavy atom. The molecule has 0 spiro atoms. The van der Waals surface area contributed by atoms with E-state index in [0.29, 0.717) is 37.3 Å². The molecule has 0 aliphatic carbocycles. The third-order valence-corrected chi connectivity index (χ3v) is 5.83. The van der Waals surface area contributed by atoms with Crippen molar-refractivity contribution in [1.29, 1.82) is 5.26 Å². The van der Waals surface area contributed by atoms with Crippen LogP contribution in [0, 0.1) is 11.3 Å². The van der Waals surface area contributed by atoms with E-state index in [1.165, 1.54) is 12.1 Å². The minimum Gasteiger partial charge on any atom is -0.484 e. The number of aromatic nitrogens is 2. The van der Waals surface area contributed by atoms with Crippen LogP contribution in [0.1, 0.15) is 37.5 Å². The SMILES string of the molecule is CC(C)(C)OC(=O)N1CCc2ccc(-c3noc(-c4ccc(OC(CF)CF)c(C#N)c4)n3)cc2CC1. The Labute approximate surface area is 213 Å². The molecule has 2 heterocycles. The van der Waals surface area contributed by atoms with E-state index in [9.17, 15) is 18.8 Å². The smallest absolute Gasteiger partial charge is 0.410 e. The Balaban J connectivity index is 1.51. The van der Waals surface area contributed by atoms with E-state index in [1.807, 2.05) is 45.0 Å². The highest BCUT2D eigenvalue weighted by molar-refractivity contribution is 5.68. The van der Waals surface area contributed by atoms with Crippen molar-refractivity contribution in [3.8, 4) is 34.7 Å². The number of carbonyl (C=O) groups is 1. The minimum atomic E-state index is -1.27. The van der Waals surface area contributed by atoms with Gasteiger partial charge in [-0.15, -0.1) is 0 Å². The number of ether oxygens (including phenoxy) is 2. The summed E-state index contributed by atoms with van der Waals surface area (Å²) in [4.78, 5) is 18.7. The first-order valence-electron chi connectivity index (χ1n) is 12.0. The van der Waals surface area contributed by atoms with Gasteiger partial charge in [-0.1, -0.05) is 17.3 Å². The maximum absolute atomic E-state index is 12.8. The van der Waals surface area contributed by atoms with Gasteiger partial charge in [0, 0.05) is 24.2 Å². The molecular formula is C27H28F2N4O4. The second-order valence-electron chi connectivity index (χ2n) is 9.75. The molecule has 0 bridgehead atoms. The number of benzene rings is 2. The lowest BCUT2D eigenvalue weighted by atomic mass is 10.00. The zero-order valence-corrected chi connectivity index (χ0v) is 21.0. The fourth-order valence-corrected chi connectivity index (χ4v) is 3.97. The summed E-state index contributed by atoms with van der Waals surface area (Å²) >= 11 is 0. The van der Waals surface area contributed by atoms with Crippen LogP contribution in [-0.4, -0.2) is 59.3 Å². The molecule has 0 saturated carbocycles. The van der Waals surface area contributed by atoms with Crippen molar-refractivity contribution < 1.29 is 27.6 Å². The van der Waals surface area contributed by atoms with Gasteiger partial charge in [0.25, 0.3) is 5.89 Å². The molecule has 0 unspecified atom stereocenters. The normalized spacial score (nSPS) is 13.6. The lowest BCUT2D eigenvalue weighted by molar-refractivity contribution is 0.0258. The van der Waals surface area contributed by atoms with Crippen LogP contribution in [0.4, 0.5) is 13.6 Å². The number of nitrogens with zero attached hydrogens (tertiary/aromatic N) is 4. The van der Waals surface area contributed by atoms with Gasteiger partial charge in [0.1, 0.15) is 30.8 Å². The molecule has 3 aromatic rings. The quantitative estimate of drug-likeness (QED) is 0.444. The molecule has 37 heavy (non-hydrogen) atoms. The Kier molecular flexibility index (Phi) is 7.71. The fourth-order valence-electron chi connectivity index (χ4n) is 3.97. The van der Waals surface area contributed by atoms with E-state index in [0.717, 1.165) is 16.7 Å². The van der Waals surface area contributed by atoms with E-state index in [-0.39, 0.29) is 23.3 Å². The minimum absolute atomic E-state index is 0.0810. The van der Waals surface area contributed by atoms with Gasteiger partial charge in [-0.3, -0.25) is 0 Å². The summed E-state index contributed by atoms with van der Waals surface area (Å²) in [5.41, 5.74) is 3.03. The summed E-state index contributed by atoms with van der Waals surface area (Å²) < 4.78 is 41.8. The average Bonchev–Trinajstić information content (AvgIpc) is 3.27. The summed E-state index contributed by atoms with van der Waals surface area (Å²) in [5, 5.41) is 13.5. The van der Waals surface area contributed by atoms with Crippen molar-refractivity contribution in [3.63, 3.8) is 0 Å². The molecule has 0 fully saturated rings. The molecule has 0 atom stereocenters. The predicted molar refractivity (Wildman–Crippen MR) is 131 cm³/mol. The number of rotatable bonds is 6. The molecule has 0 N–H and O–H groups in total. The zero-order valence-electron chi connectivity index (χ0n) is 21.0. The highest BCUT2D eigenvalue weighted by atomic mass is 19.1. The number of hydrogen-bond donors (Lipinski definition) is 0. The molecule has 1 aliphatic rings. The maximum atomic E-state index is 12.8. The Morgan fingerprint density at radius 1 is 1.11 bits per heavy atom. The maximum Gasteiger partial charge on any atom is 0.410 e. The van der Waals surface area contributed by atoms with Crippen LogP contribution in [0.3, 0.4) is 0 Å². The molecule has 8 nitrogen and oxygen atoms in total. The van der Waals surface area contributed by atoms with Crippen molar-refractivity contribution in [1.82, 2.24) is 15.0 Å². The fraction of sp³-hybridized carbons (Fsp3) is 0.407. The van der Waals surface area contributed by atoms with Gasteiger partial charge in [-0.2, -0.15) is 10.2 Å². The summed E-state index contributed by atoms with van der Waals surface area (Å²) in [6.07, 6.45) is -0.207. The molecule has 2 aromatic carbocycles. The van der Waals surface area contributed by atoms with Gasteiger partial charge < -0.3 is 18.9 Å². The van der Waals surface area contributed by atoms with Crippen molar-refractivity contribution in [2.24, 2.45) is 0 Å². The molecule has 1 aliphatic heterocycles. The zero-order chi connectivity index (χ0) is 26.6. The van der Waals surface area contributed by atoms with Crippen LogP contribution in [0.25, 0.3) is 22.8 Å². The standard InChI is InChI=1S/C27H28F2N4O4/c1-27(2,3)36-26(34)33-10-8-17-4-5-19(12-18(17)9-11-33)24-31-25(37-32-24)20-6-7-23(21(13-20)16-30)35-22(14-28)15-29/h4-7,12-13,22H,8-11,14-15H2,1-3H3. The van der Waals surface area contributed by atoms with Gasteiger partial charge >= 0.3 is 6.09 Å². The number of fused-ring (bicyclic) bond motifs is 1. The van der Waals surface area contributed by atoms with Crippen LogP contribution in [-0.2, 0) is 17.6 Å². The second-order valence-corrected chi connectivity index (χ2v) is 9.75. The first-order chi connectivity index (χ1) is 17.7. The number of amides is 1.